The summed E-state index contributed by atoms with van der Waals surface area (Å²) in [5, 5.41) is 11.1. The minimum atomic E-state index is -0.439. The zero-order valence-corrected chi connectivity index (χ0v) is 11.7. The Labute approximate surface area is 126 Å². The summed E-state index contributed by atoms with van der Waals surface area (Å²) in [5.74, 6) is 0.256. The van der Waals surface area contributed by atoms with Crippen molar-refractivity contribution in [2.45, 2.75) is 0 Å². The molecule has 0 aliphatic carbocycles. The highest BCUT2D eigenvalue weighted by Gasteiger charge is 2.27. The number of nitrogens with zero attached hydrogens (tertiary/aromatic N) is 4. The summed E-state index contributed by atoms with van der Waals surface area (Å²) in [6.07, 6.45) is 4.41. The van der Waals surface area contributed by atoms with E-state index in [1.165, 1.54) is 24.8 Å². The van der Waals surface area contributed by atoms with Gasteiger partial charge in [0, 0.05) is 38.4 Å². The zero-order valence-electron chi connectivity index (χ0n) is 11.7. The van der Waals surface area contributed by atoms with Crippen molar-refractivity contribution < 1.29 is 14.1 Å². The highest BCUT2D eigenvalue weighted by Crippen LogP contribution is 2.25. The van der Waals surface area contributed by atoms with E-state index in [0.29, 0.717) is 37.6 Å². The molecule has 1 amide bonds. The van der Waals surface area contributed by atoms with Gasteiger partial charge in [-0.1, -0.05) is 0 Å². The lowest BCUT2D eigenvalue weighted by Gasteiger charge is -2.34. The van der Waals surface area contributed by atoms with Crippen molar-refractivity contribution in [1.82, 2.24) is 9.88 Å². The Morgan fingerprint density at radius 2 is 2.05 bits per heavy atom. The molecule has 2 aromatic rings. The Kier molecular flexibility index (Phi) is 3.73. The maximum atomic E-state index is 12.2. The van der Waals surface area contributed by atoms with Gasteiger partial charge in [-0.15, -0.1) is 0 Å². The van der Waals surface area contributed by atoms with Crippen molar-refractivity contribution in [3.8, 4) is 0 Å². The first-order valence-corrected chi connectivity index (χ1v) is 6.82. The molecule has 0 bridgehead atoms. The Bertz CT molecular complexity index is 678. The minimum Gasteiger partial charge on any atom is -0.472 e. The third kappa shape index (κ3) is 2.62. The first kappa shape index (κ1) is 14.1. The van der Waals surface area contributed by atoms with Crippen LogP contribution in [0.25, 0.3) is 0 Å². The van der Waals surface area contributed by atoms with Gasteiger partial charge in [-0.2, -0.15) is 0 Å². The van der Waals surface area contributed by atoms with Gasteiger partial charge >= 0.3 is 5.69 Å². The van der Waals surface area contributed by atoms with Crippen LogP contribution >= 0.6 is 0 Å². The standard InChI is InChI=1S/C14H14N4O4/c19-14(11-3-9-22-10-11)17-7-5-16(6-8-17)13-12(18(20)21)2-1-4-15-13/h1-4,9-10H,5-8H2. The van der Waals surface area contributed by atoms with Gasteiger partial charge in [0.05, 0.1) is 16.7 Å². The summed E-state index contributed by atoms with van der Waals surface area (Å²) in [6.45, 7) is 1.97. The number of furan rings is 1. The zero-order chi connectivity index (χ0) is 15.5. The van der Waals surface area contributed by atoms with Crippen LogP contribution in [0.2, 0.25) is 0 Å². The van der Waals surface area contributed by atoms with E-state index < -0.39 is 4.92 Å². The maximum Gasteiger partial charge on any atom is 0.311 e. The Hall–Kier alpha value is -2.90. The van der Waals surface area contributed by atoms with Crippen LogP contribution < -0.4 is 4.90 Å². The molecule has 1 saturated heterocycles. The van der Waals surface area contributed by atoms with Crippen molar-refractivity contribution in [3.05, 3.63) is 52.6 Å². The third-order valence-corrected chi connectivity index (χ3v) is 3.60. The van der Waals surface area contributed by atoms with Gasteiger partial charge in [0.15, 0.2) is 0 Å². The molecule has 0 unspecified atom stereocenters. The summed E-state index contributed by atoms with van der Waals surface area (Å²) in [7, 11) is 0. The number of piperazine rings is 1. The van der Waals surface area contributed by atoms with E-state index in [4.69, 9.17) is 4.42 Å². The monoisotopic (exact) mass is 302 g/mol. The third-order valence-electron chi connectivity index (χ3n) is 3.60. The van der Waals surface area contributed by atoms with Crippen molar-refractivity contribution in [3.63, 3.8) is 0 Å². The molecule has 1 fully saturated rings. The molecule has 0 aromatic carbocycles. The summed E-state index contributed by atoms with van der Waals surface area (Å²) >= 11 is 0. The van der Waals surface area contributed by atoms with Crippen LogP contribution in [-0.2, 0) is 0 Å². The van der Waals surface area contributed by atoms with Crippen molar-refractivity contribution in [2.24, 2.45) is 0 Å². The van der Waals surface area contributed by atoms with Crippen LogP contribution in [0.15, 0.2) is 41.3 Å². The van der Waals surface area contributed by atoms with Crippen LogP contribution in [-0.4, -0.2) is 46.9 Å². The predicted molar refractivity (Wildman–Crippen MR) is 77.7 cm³/mol. The van der Waals surface area contributed by atoms with E-state index in [1.807, 2.05) is 4.90 Å². The van der Waals surface area contributed by atoms with Crippen LogP contribution in [0.4, 0.5) is 11.5 Å². The predicted octanol–water partition coefficient (Wildman–Crippen LogP) is 1.55. The second kappa shape index (κ2) is 5.84. The van der Waals surface area contributed by atoms with Gasteiger partial charge in [-0.05, 0) is 12.1 Å². The molecule has 8 heteroatoms. The van der Waals surface area contributed by atoms with Gasteiger partial charge in [0.1, 0.15) is 6.26 Å². The second-order valence-electron chi connectivity index (χ2n) is 4.89. The number of carbonyl (C=O) groups excluding carboxylic acids is 1. The molecule has 0 N–H and O–H groups in total. The van der Waals surface area contributed by atoms with Gasteiger partial charge in [0.2, 0.25) is 5.82 Å². The topological polar surface area (TPSA) is 92.7 Å². The molecule has 1 aliphatic heterocycles. The number of nitro groups is 1. The van der Waals surface area contributed by atoms with Gasteiger partial charge in [-0.25, -0.2) is 4.98 Å². The largest absolute Gasteiger partial charge is 0.472 e. The summed E-state index contributed by atoms with van der Waals surface area (Å²) in [4.78, 5) is 30.5. The summed E-state index contributed by atoms with van der Waals surface area (Å²) < 4.78 is 4.92. The molecule has 0 saturated carbocycles. The maximum absolute atomic E-state index is 12.2. The fourth-order valence-electron chi connectivity index (χ4n) is 2.46. The number of hydrogen-bond acceptors (Lipinski definition) is 6. The quantitative estimate of drug-likeness (QED) is 0.631. The molecule has 22 heavy (non-hydrogen) atoms. The molecule has 1 aliphatic rings. The molecule has 0 radical (unpaired) electrons. The fraction of sp³-hybridized carbons (Fsp3) is 0.286. The molecular weight excluding hydrogens is 288 g/mol. The smallest absolute Gasteiger partial charge is 0.311 e. The fourth-order valence-corrected chi connectivity index (χ4v) is 2.46. The van der Waals surface area contributed by atoms with Crippen molar-refractivity contribution >= 4 is 17.4 Å². The highest BCUT2D eigenvalue weighted by molar-refractivity contribution is 5.94. The van der Waals surface area contributed by atoms with Gasteiger partial charge < -0.3 is 14.2 Å². The van der Waals surface area contributed by atoms with E-state index in [2.05, 4.69) is 4.98 Å². The normalized spacial score (nSPS) is 14.9. The van der Waals surface area contributed by atoms with E-state index in [0.717, 1.165) is 0 Å². The number of anilines is 1. The Morgan fingerprint density at radius 1 is 1.27 bits per heavy atom. The van der Waals surface area contributed by atoms with Crippen LogP contribution in [0, 0.1) is 10.1 Å². The average molecular weight is 302 g/mol. The lowest BCUT2D eigenvalue weighted by Crippen LogP contribution is -2.49. The molecule has 114 valence electrons. The Morgan fingerprint density at radius 3 is 2.68 bits per heavy atom. The van der Waals surface area contributed by atoms with E-state index >= 15 is 0 Å². The Balaban J connectivity index is 1.70. The van der Waals surface area contributed by atoms with E-state index in [1.54, 1.807) is 17.0 Å². The molecule has 8 nitrogen and oxygen atoms in total. The van der Waals surface area contributed by atoms with Gasteiger partial charge in [0.25, 0.3) is 5.91 Å². The van der Waals surface area contributed by atoms with Crippen molar-refractivity contribution in [2.75, 3.05) is 31.1 Å². The number of amides is 1. The van der Waals surface area contributed by atoms with Crippen molar-refractivity contribution in [1.29, 1.82) is 0 Å². The minimum absolute atomic E-state index is 0.0166. The van der Waals surface area contributed by atoms with Gasteiger partial charge in [-0.3, -0.25) is 14.9 Å². The van der Waals surface area contributed by atoms with Crippen LogP contribution in [0.1, 0.15) is 10.4 Å². The molecule has 3 heterocycles. The molecule has 0 spiro atoms. The number of rotatable bonds is 3. The summed E-state index contributed by atoms with van der Waals surface area (Å²) in [5.41, 5.74) is 0.495. The SMILES string of the molecule is O=C(c1ccoc1)N1CCN(c2ncccc2[N+](=O)[O-])CC1. The first-order valence-electron chi connectivity index (χ1n) is 6.82. The number of carbonyl (C=O) groups is 1. The number of aromatic nitrogens is 1. The van der Waals surface area contributed by atoms with E-state index in [9.17, 15) is 14.9 Å². The molecule has 2 aromatic heterocycles. The summed E-state index contributed by atoms with van der Waals surface area (Å²) in [6, 6.07) is 4.60. The molecular formula is C14H14N4O4. The highest BCUT2D eigenvalue weighted by atomic mass is 16.6. The second-order valence-corrected chi connectivity index (χ2v) is 4.89. The molecule has 0 atom stereocenters. The lowest BCUT2D eigenvalue weighted by molar-refractivity contribution is -0.384. The van der Waals surface area contributed by atoms with Crippen LogP contribution in [0.5, 0.6) is 0 Å². The van der Waals surface area contributed by atoms with E-state index in [-0.39, 0.29) is 11.6 Å². The lowest BCUT2D eigenvalue weighted by atomic mass is 10.2. The average Bonchev–Trinajstić information content (AvgIpc) is 3.09. The first-order chi connectivity index (χ1) is 10.7. The molecule has 3 rings (SSSR count). The number of pyridine rings is 1. The number of hydrogen-bond donors (Lipinski definition) is 0. The van der Waals surface area contributed by atoms with Crippen LogP contribution in [0.3, 0.4) is 0 Å².